The lowest BCUT2D eigenvalue weighted by Gasteiger charge is -2.08. The number of nitro groups is 1. The van der Waals surface area contributed by atoms with Gasteiger partial charge in [-0.1, -0.05) is 6.07 Å². The van der Waals surface area contributed by atoms with Crippen LogP contribution in [0.4, 0.5) is 15.8 Å². The SMILES string of the molecule is Cc1ccc(NS(=O)(=O)c2ccc(F)cc2)cc1[N+](=O)[O-]. The van der Waals surface area contributed by atoms with E-state index in [1.54, 1.807) is 6.92 Å². The molecule has 2 aromatic carbocycles. The van der Waals surface area contributed by atoms with Gasteiger partial charge in [0, 0.05) is 11.6 Å². The second-order valence-corrected chi connectivity index (χ2v) is 6.00. The van der Waals surface area contributed by atoms with Crippen molar-refractivity contribution in [2.45, 2.75) is 11.8 Å². The summed E-state index contributed by atoms with van der Waals surface area (Å²) in [7, 11) is -3.92. The fourth-order valence-electron chi connectivity index (χ4n) is 1.70. The molecule has 21 heavy (non-hydrogen) atoms. The lowest BCUT2D eigenvalue weighted by molar-refractivity contribution is -0.385. The minimum absolute atomic E-state index is 0.0663. The molecular formula is C13H11FN2O4S. The maximum absolute atomic E-state index is 12.8. The zero-order chi connectivity index (χ0) is 15.6. The van der Waals surface area contributed by atoms with Crippen LogP contribution >= 0.6 is 0 Å². The molecular weight excluding hydrogens is 299 g/mol. The third-order valence-corrected chi connectivity index (χ3v) is 4.18. The summed E-state index contributed by atoms with van der Waals surface area (Å²) in [5.74, 6) is -0.556. The van der Waals surface area contributed by atoms with E-state index in [-0.39, 0.29) is 16.3 Å². The molecule has 0 bridgehead atoms. The van der Waals surface area contributed by atoms with Crippen molar-refractivity contribution in [1.29, 1.82) is 0 Å². The van der Waals surface area contributed by atoms with Gasteiger partial charge in [0.1, 0.15) is 5.82 Å². The highest BCUT2D eigenvalue weighted by atomic mass is 32.2. The summed E-state index contributed by atoms with van der Waals surface area (Å²) in [6.45, 7) is 1.55. The fraction of sp³-hybridized carbons (Fsp3) is 0.0769. The first-order valence-electron chi connectivity index (χ1n) is 5.83. The average Bonchev–Trinajstić information content (AvgIpc) is 2.41. The van der Waals surface area contributed by atoms with Crippen LogP contribution < -0.4 is 4.72 Å². The van der Waals surface area contributed by atoms with Crippen molar-refractivity contribution in [2.24, 2.45) is 0 Å². The predicted molar refractivity (Wildman–Crippen MR) is 75.0 cm³/mol. The number of halogens is 1. The molecule has 0 aromatic heterocycles. The van der Waals surface area contributed by atoms with E-state index >= 15 is 0 Å². The van der Waals surface area contributed by atoms with Gasteiger partial charge in [0.25, 0.3) is 15.7 Å². The van der Waals surface area contributed by atoms with Gasteiger partial charge in [0.15, 0.2) is 0 Å². The summed E-state index contributed by atoms with van der Waals surface area (Å²) < 4.78 is 39.2. The number of hydrogen-bond acceptors (Lipinski definition) is 4. The zero-order valence-electron chi connectivity index (χ0n) is 10.9. The quantitative estimate of drug-likeness (QED) is 0.694. The predicted octanol–water partition coefficient (Wildman–Crippen LogP) is 2.84. The van der Waals surface area contributed by atoms with Crippen molar-refractivity contribution in [1.82, 2.24) is 0 Å². The van der Waals surface area contributed by atoms with Crippen LogP contribution in [0.5, 0.6) is 0 Å². The molecule has 0 fully saturated rings. The lowest BCUT2D eigenvalue weighted by Crippen LogP contribution is -2.13. The van der Waals surface area contributed by atoms with Gasteiger partial charge in [0.2, 0.25) is 0 Å². The highest BCUT2D eigenvalue weighted by Crippen LogP contribution is 2.24. The molecule has 0 radical (unpaired) electrons. The van der Waals surface area contributed by atoms with Crippen LogP contribution in [0.25, 0.3) is 0 Å². The van der Waals surface area contributed by atoms with E-state index in [0.717, 1.165) is 30.3 Å². The molecule has 1 N–H and O–H groups in total. The Morgan fingerprint density at radius 2 is 1.76 bits per heavy atom. The van der Waals surface area contributed by atoms with Crippen LogP contribution in [0.1, 0.15) is 5.56 Å². The van der Waals surface area contributed by atoms with Crippen LogP contribution in [0.15, 0.2) is 47.4 Å². The first kappa shape index (κ1) is 14.9. The molecule has 0 aliphatic rings. The average molecular weight is 310 g/mol. The Morgan fingerprint density at radius 1 is 1.14 bits per heavy atom. The number of rotatable bonds is 4. The number of anilines is 1. The molecule has 0 saturated heterocycles. The van der Waals surface area contributed by atoms with E-state index in [4.69, 9.17) is 0 Å². The number of hydrogen-bond donors (Lipinski definition) is 1. The minimum atomic E-state index is -3.92. The molecule has 0 unspecified atom stereocenters. The topological polar surface area (TPSA) is 89.3 Å². The largest absolute Gasteiger partial charge is 0.279 e. The normalized spacial score (nSPS) is 11.1. The number of sulfonamides is 1. The van der Waals surface area contributed by atoms with Crippen molar-refractivity contribution in [3.05, 3.63) is 64.0 Å². The minimum Gasteiger partial charge on any atom is -0.279 e. The number of aryl methyl sites for hydroxylation is 1. The standard InChI is InChI=1S/C13H11FN2O4S/c1-9-2-5-11(8-13(9)16(17)18)15-21(19,20)12-6-3-10(14)4-7-12/h2-8,15H,1H3. The maximum Gasteiger partial charge on any atom is 0.274 e. The third-order valence-electron chi connectivity index (χ3n) is 2.78. The molecule has 0 heterocycles. The molecule has 6 nitrogen and oxygen atoms in total. The second-order valence-electron chi connectivity index (χ2n) is 4.32. The zero-order valence-corrected chi connectivity index (χ0v) is 11.7. The van der Waals surface area contributed by atoms with Crippen molar-refractivity contribution < 1.29 is 17.7 Å². The van der Waals surface area contributed by atoms with Crippen LogP contribution in [0.2, 0.25) is 0 Å². The van der Waals surface area contributed by atoms with Crippen LogP contribution in [0.3, 0.4) is 0 Å². The van der Waals surface area contributed by atoms with Crippen molar-refractivity contribution in [2.75, 3.05) is 4.72 Å². The van der Waals surface area contributed by atoms with Gasteiger partial charge >= 0.3 is 0 Å². The molecule has 0 aliphatic carbocycles. The Morgan fingerprint density at radius 3 is 2.33 bits per heavy atom. The van der Waals surface area contributed by atoms with E-state index in [1.165, 1.54) is 12.1 Å². The summed E-state index contributed by atoms with van der Waals surface area (Å²) in [6.07, 6.45) is 0. The monoisotopic (exact) mass is 310 g/mol. The van der Waals surface area contributed by atoms with Gasteiger partial charge < -0.3 is 0 Å². The molecule has 0 aliphatic heterocycles. The molecule has 0 atom stereocenters. The Bertz CT molecular complexity index is 788. The van der Waals surface area contributed by atoms with E-state index in [2.05, 4.69) is 4.72 Å². The first-order valence-corrected chi connectivity index (χ1v) is 7.31. The van der Waals surface area contributed by atoms with E-state index in [0.29, 0.717) is 5.56 Å². The highest BCUT2D eigenvalue weighted by molar-refractivity contribution is 7.92. The van der Waals surface area contributed by atoms with E-state index in [9.17, 15) is 22.9 Å². The molecule has 2 aromatic rings. The third kappa shape index (κ3) is 3.34. The Labute approximate surface area is 120 Å². The summed E-state index contributed by atoms with van der Waals surface area (Å²) in [5.41, 5.74) is 0.302. The Hall–Kier alpha value is -2.48. The fourth-order valence-corrected chi connectivity index (χ4v) is 2.75. The molecule has 2 rings (SSSR count). The van der Waals surface area contributed by atoms with Crippen molar-refractivity contribution in [3.63, 3.8) is 0 Å². The second kappa shape index (κ2) is 5.49. The van der Waals surface area contributed by atoms with Gasteiger partial charge in [-0.25, -0.2) is 12.8 Å². The number of nitrogens with zero attached hydrogens (tertiary/aromatic N) is 1. The lowest BCUT2D eigenvalue weighted by atomic mass is 10.2. The van der Waals surface area contributed by atoms with Crippen LogP contribution in [0, 0.1) is 22.9 Å². The summed E-state index contributed by atoms with van der Waals surface area (Å²) in [4.78, 5) is 10.1. The maximum atomic E-state index is 12.8. The summed E-state index contributed by atoms with van der Waals surface area (Å²) >= 11 is 0. The molecule has 8 heteroatoms. The Balaban J connectivity index is 2.35. The number of benzene rings is 2. The van der Waals surface area contributed by atoms with Gasteiger partial charge in [-0.2, -0.15) is 0 Å². The van der Waals surface area contributed by atoms with Gasteiger partial charge in [-0.05, 0) is 37.3 Å². The summed E-state index contributed by atoms with van der Waals surface area (Å²) in [6, 6.07) is 8.26. The molecule has 0 amide bonds. The summed E-state index contributed by atoms with van der Waals surface area (Å²) in [5, 5.41) is 10.8. The van der Waals surface area contributed by atoms with Crippen LogP contribution in [-0.2, 0) is 10.0 Å². The van der Waals surface area contributed by atoms with Gasteiger partial charge in [0.05, 0.1) is 15.5 Å². The molecule has 0 saturated carbocycles. The van der Waals surface area contributed by atoms with E-state index < -0.39 is 20.8 Å². The Kier molecular flexibility index (Phi) is 3.90. The van der Waals surface area contributed by atoms with Gasteiger partial charge in [-0.15, -0.1) is 0 Å². The van der Waals surface area contributed by atoms with Crippen molar-refractivity contribution in [3.8, 4) is 0 Å². The van der Waals surface area contributed by atoms with Gasteiger partial charge in [-0.3, -0.25) is 14.8 Å². The van der Waals surface area contributed by atoms with Crippen molar-refractivity contribution >= 4 is 21.4 Å². The number of nitrogens with one attached hydrogen (secondary N) is 1. The highest BCUT2D eigenvalue weighted by Gasteiger charge is 2.17. The van der Waals surface area contributed by atoms with Crippen LogP contribution in [-0.4, -0.2) is 13.3 Å². The number of nitro benzene ring substituents is 1. The molecule has 0 spiro atoms. The smallest absolute Gasteiger partial charge is 0.274 e. The molecule has 110 valence electrons. The van der Waals surface area contributed by atoms with E-state index in [1.807, 2.05) is 0 Å². The first-order chi connectivity index (χ1) is 9.79.